The van der Waals surface area contributed by atoms with Crippen LogP contribution in [0, 0.1) is 0 Å². The van der Waals surface area contributed by atoms with Crippen LogP contribution < -0.4 is 10.1 Å². The number of nitrogens with zero attached hydrogens (tertiary/aromatic N) is 1. The summed E-state index contributed by atoms with van der Waals surface area (Å²) in [7, 11) is 4.49. The molecular formula is C25H34N2O12. The third-order valence-electron chi connectivity index (χ3n) is 5.38. The van der Waals surface area contributed by atoms with Crippen molar-refractivity contribution in [3.63, 3.8) is 0 Å². The number of ether oxygens (including phenoxy) is 7. The number of amides is 1. The summed E-state index contributed by atoms with van der Waals surface area (Å²) in [6.45, 7) is 4.39. The van der Waals surface area contributed by atoms with Gasteiger partial charge >= 0.3 is 30.0 Å². The molecule has 14 nitrogen and oxygen atoms in total. The molecule has 0 aliphatic carbocycles. The van der Waals surface area contributed by atoms with Crippen molar-refractivity contribution in [2.75, 3.05) is 34.3 Å². The van der Waals surface area contributed by atoms with E-state index in [0.717, 1.165) is 27.9 Å². The van der Waals surface area contributed by atoms with Gasteiger partial charge in [0.1, 0.15) is 12.4 Å². The Morgan fingerprint density at radius 1 is 0.897 bits per heavy atom. The SMILES string of the molecule is CNCCN(C)C(=O)OCc1ccc(O[C@@H]2O[C@H](C(=O)OC)[C@@H](OC(C)=O)[C@H](OC(C)=O)[C@H]2OC(C)=O)cc1. The molecule has 1 amide bonds. The van der Waals surface area contributed by atoms with Gasteiger partial charge < -0.3 is 43.4 Å². The monoisotopic (exact) mass is 554 g/mol. The molecule has 0 spiro atoms. The minimum Gasteiger partial charge on any atom is -0.467 e. The fourth-order valence-corrected chi connectivity index (χ4v) is 3.60. The van der Waals surface area contributed by atoms with Crippen LogP contribution in [0.2, 0.25) is 0 Å². The Morgan fingerprint density at radius 3 is 2.00 bits per heavy atom. The lowest BCUT2D eigenvalue weighted by Crippen LogP contribution is -2.64. The lowest BCUT2D eigenvalue weighted by atomic mass is 9.97. The number of benzene rings is 1. The number of nitrogens with one attached hydrogen (secondary N) is 1. The highest BCUT2D eigenvalue weighted by atomic mass is 16.7. The van der Waals surface area contributed by atoms with Gasteiger partial charge in [0.2, 0.25) is 12.4 Å². The molecule has 39 heavy (non-hydrogen) atoms. The highest BCUT2D eigenvalue weighted by Crippen LogP contribution is 2.31. The van der Waals surface area contributed by atoms with Crippen molar-refractivity contribution in [1.82, 2.24) is 10.2 Å². The average molecular weight is 555 g/mol. The molecule has 14 heteroatoms. The summed E-state index contributed by atoms with van der Waals surface area (Å²) in [5, 5.41) is 2.94. The van der Waals surface area contributed by atoms with Gasteiger partial charge in [-0.2, -0.15) is 0 Å². The van der Waals surface area contributed by atoms with Gasteiger partial charge in [0.05, 0.1) is 7.11 Å². The van der Waals surface area contributed by atoms with Crippen molar-refractivity contribution in [1.29, 1.82) is 0 Å². The molecule has 1 aliphatic rings. The summed E-state index contributed by atoms with van der Waals surface area (Å²) < 4.78 is 37.5. The zero-order valence-electron chi connectivity index (χ0n) is 22.7. The number of methoxy groups -OCH3 is 1. The van der Waals surface area contributed by atoms with Gasteiger partial charge in [-0.05, 0) is 24.7 Å². The first-order chi connectivity index (χ1) is 18.5. The molecule has 1 aromatic rings. The number of carbonyl (C=O) groups is 5. The first-order valence-electron chi connectivity index (χ1n) is 12.0. The maximum atomic E-state index is 12.5. The van der Waals surface area contributed by atoms with E-state index in [9.17, 15) is 24.0 Å². The summed E-state index contributed by atoms with van der Waals surface area (Å²) in [6.07, 6.45) is -7.91. The molecule has 5 atom stereocenters. The number of hydrogen-bond acceptors (Lipinski definition) is 13. The average Bonchev–Trinajstić information content (AvgIpc) is 2.88. The summed E-state index contributed by atoms with van der Waals surface area (Å²) in [5.41, 5.74) is 0.652. The van der Waals surface area contributed by atoms with E-state index < -0.39 is 60.7 Å². The third-order valence-corrected chi connectivity index (χ3v) is 5.38. The van der Waals surface area contributed by atoms with Crippen LogP contribution >= 0.6 is 0 Å². The molecule has 0 saturated carbocycles. The Bertz CT molecular complexity index is 1010. The predicted molar refractivity (Wildman–Crippen MR) is 131 cm³/mol. The zero-order valence-corrected chi connectivity index (χ0v) is 22.7. The van der Waals surface area contributed by atoms with Crippen LogP contribution in [0.3, 0.4) is 0 Å². The molecule has 1 heterocycles. The van der Waals surface area contributed by atoms with Crippen LogP contribution in [0.25, 0.3) is 0 Å². The van der Waals surface area contributed by atoms with E-state index in [1.807, 2.05) is 0 Å². The van der Waals surface area contributed by atoms with Crippen molar-refractivity contribution < 1.29 is 57.1 Å². The lowest BCUT2D eigenvalue weighted by Gasteiger charge is -2.43. The molecule has 1 saturated heterocycles. The second-order valence-electron chi connectivity index (χ2n) is 8.51. The van der Waals surface area contributed by atoms with Gasteiger partial charge in [0.15, 0.2) is 18.3 Å². The van der Waals surface area contributed by atoms with Crippen LogP contribution in [-0.2, 0) is 54.2 Å². The van der Waals surface area contributed by atoms with Gasteiger partial charge in [-0.15, -0.1) is 0 Å². The van der Waals surface area contributed by atoms with Crippen LogP contribution in [-0.4, -0.2) is 99.9 Å². The Morgan fingerprint density at radius 2 is 1.46 bits per heavy atom. The highest BCUT2D eigenvalue weighted by Gasteiger charge is 2.55. The highest BCUT2D eigenvalue weighted by molar-refractivity contribution is 5.77. The zero-order chi connectivity index (χ0) is 29.1. The van der Waals surface area contributed by atoms with Gasteiger partial charge in [0.25, 0.3) is 0 Å². The van der Waals surface area contributed by atoms with E-state index in [2.05, 4.69) is 5.32 Å². The molecule has 1 aliphatic heterocycles. The second kappa shape index (κ2) is 14.9. The summed E-state index contributed by atoms with van der Waals surface area (Å²) >= 11 is 0. The second-order valence-corrected chi connectivity index (χ2v) is 8.51. The van der Waals surface area contributed by atoms with Crippen LogP contribution in [0.4, 0.5) is 4.79 Å². The molecule has 1 fully saturated rings. The van der Waals surface area contributed by atoms with Crippen molar-refractivity contribution in [3.8, 4) is 5.75 Å². The number of rotatable bonds is 11. The smallest absolute Gasteiger partial charge is 0.409 e. The van der Waals surface area contributed by atoms with Crippen molar-refractivity contribution in [3.05, 3.63) is 29.8 Å². The third kappa shape index (κ3) is 9.41. The summed E-state index contributed by atoms with van der Waals surface area (Å²) in [6, 6.07) is 6.33. The molecule has 0 bridgehead atoms. The fraction of sp³-hybridized carbons (Fsp3) is 0.560. The Balaban J connectivity index is 2.25. The number of hydrogen-bond donors (Lipinski definition) is 1. The molecule has 216 valence electrons. The van der Waals surface area contributed by atoms with Gasteiger partial charge in [-0.25, -0.2) is 9.59 Å². The Labute approximate surface area is 225 Å². The van der Waals surface area contributed by atoms with E-state index in [1.54, 1.807) is 26.2 Å². The van der Waals surface area contributed by atoms with Crippen molar-refractivity contribution >= 4 is 30.0 Å². The topological polar surface area (TPSA) is 165 Å². The first-order valence-corrected chi connectivity index (χ1v) is 12.0. The predicted octanol–water partition coefficient (Wildman–Crippen LogP) is 0.546. The molecule has 0 unspecified atom stereocenters. The minimum absolute atomic E-state index is 0.00200. The normalized spacial score (nSPS) is 22.2. The molecule has 1 N–H and O–H groups in total. The number of likely N-dealkylation sites (N-methyl/N-ethyl adjacent to an activating group) is 2. The number of carbonyl (C=O) groups excluding carboxylic acids is 5. The van der Waals surface area contributed by atoms with Gasteiger partial charge in [-0.1, -0.05) is 12.1 Å². The molecule has 0 radical (unpaired) electrons. The quantitative estimate of drug-likeness (QED) is 0.298. The molecular weight excluding hydrogens is 520 g/mol. The first kappa shape index (κ1) is 31.3. The lowest BCUT2D eigenvalue weighted by molar-refractivity contribution is -0.282. The van der Waals surface area contributed by atoms with E-state index in [0.29, 0.717) is 18.7 Å². The maximum absolute atomic E-state index is 12.5. The Hall–Kier alpha value is -3.91. The maximum Gasteiger partial charge on any atom is 0.409 e. The van der Waals surface area contributed by atoms with Crippen LogP contribution in [0.5, 0.6) is 5.75 Å². The minimum atomic E-state index is -1.57. The van der Waals surface area contributed by atoms with Gasteiger partial charge in [0, 0.05) is 40.9 Å². The molecule has 0 aromatic heterocycles. The van der Waals surface area contributed by atoms with Crippen LogP contribution in [0.1, 0.15) is 26.3 Å². The van der Waals surface area contributed by atoms with E-state index in [-0.39, 0.29) is 12.4 Å². The van der Waals surface area contributed by atoms with E-state index in [4.69, 9.17) is 33.2 Å². The fourth-order valence-electron chi connectivity index (χ4n) is 3.60. The summed E-state index contributed by atoms with van der Waals surface area (Å²) in [4.78, 5) is 61.6. The van der Waals surface area contributed by atoms with Crippen molar-refractivity contribution in [2.24, 2.45) is 0 Å². The van der Waals surface area contributed by atoms with Gasteiger partial charge in [-0.3, -0.25) is 14.4 Å². The molecule has 1 aromatic carbocycles. The largest absolute Gasteiger partial charge is 0.467 e. The Kier molecular flexibility index (Phi) is 11.9. The summed E-state index contributed by atoms with van der Waals surface area (Å²) in [5.74, 6) is -3.10. The van der Waals surface area contributed by atoms with Crippen LogP contribution in [0.15, 0.2) is 24.3 Å². The van der Waals surface area contributed by atoms with E-state index in [1.165, 1.54) is 17.0 Å². The van der Waals surface area contributed by atoms with E-state index >= 15 is 0 Å². The molecule has 2 rings (SSSR count). The number of esters is 4. The standard InChI is InChI=1S/C25H34N2O12/c1-14(28)35-19-20(36-15(2)29)22(37-16(3)30)24(39-21(19)23(31)33-6)38-18-9-7-17(8-10-18)13-34-25(32)27(5)12-11-26-4/h7-10,19-22,24,26H,11-13H2,1-6H3/t19-,20-,21-,22+,24+/m0/s1. The van der Waals surface area contributed by atoms with Crippen molar-refractivity contribution in [2.45, 2.75) is 58.1 Å².